The van der Waals surface area contributed by atoms with E-state index in [0.717, 1.165) is 31.6 Å². The number of rotatable bonds is 4. The molecule has 0 radical (unpaired) electrons. The summed E-state index contributed by atoms with van der Waals surface area (Å²) in [6.07, 6.45) is -3.32. The van der Waals surface area contributed by atoms with Crippen molar-refractivity contribution >= 4 is 0 Å². The SMILES string of the molecule is Cc1[nH]nc(C(F)(F)F)c1-c1ccc(CN2CCC(N(C)C)C2)cc1. The molecule has 1 aliphatic heterocycles. The average molecular weight is 352 g/mol. The van der Waals surface area contributed by atoms with Crippen molar-refractivity contribution in [2.45, 2.75) is 32.1 Å². The predicted octanol–water partition coefficient (Wildman–Crippen LogP) is 3.54. The Balaban J connectivity index is 1.75. The Morgan fingerprint density at radius 2 is 1.92 bits per heavy atom. The van der Waals surface area contributed by atoms with Gasteiger partial charge in [-0.2, -0.15) is 18.3 Å². The summed E-state index contributed by atoms with van der Waals surface area (Å²) in [6, 6.07) is 7.89. The van der Waals surface area contributed by atoms with E-state index in [1.54, 1.807) is 19.1 Å². The fourth-order valence-corrected chi connectivity index (χ4v) is 3.40. The lowest BCUT2D eigenvalue weighted by Crippen LogP contribution is -2.31. The van der Waals surface area contributed by atoms with Crippen molar-refractivity contribution in [1.29, 1.82) is 0 Å². The van der Waals surface area contributed by atoms with Crippen LogP contribution in [0.15, 0.2) is 24.3 Å². The Bertz CT molecular complexity index is 719. The number of hydrogen-bond acceptors (Lipinski definition) is 3. The van der Waals surface area contributed by atoms with Crippen LogP contribution >= 0.6 is 0 Å². The molecule has 0 spiro atoms. The second-order valence-corrected chi connectivity index (χ2v) is 6.91. The van der Waals surface area contributed by atoms with Gasteiger partial charge in [-0.25, -0.2) is 0 Å². The van der Waals surface area contributed by atoms with Crippen LogP contribution in [0.25, 0.3) is 11.1 Å². The number of aromatic nitrogens is 2. The zero-order chi connectivity index (χ0) is 18.2. The molecule has 2 aromatic rings. The van der Waals surface area contributed by atoms with Crippen molar-refractivity contribution < 1.29 is 13.2 Å². The molecule has 1 atom stereocenters. The van der Waals surface area contributed by atoms with Gasteiger partial charge in [-0.15, -0.1) is 0 Å². The first kappa shape index (κ1) is 17.9. The minimum absolute atomic E-state index is 0.132. The van der Waals surface area contributed by atoms with E-state index in [9.17, 15) is 13.2 Å². The van der Waals surface area contributed by atoms with Gasteiger partial charge in [-0.1, -0.05) is 24.3 Å². The standard InChI is InChI=1S/C18H23F3N4/c1-12-16(17(23-22-12)18(19,20)21)14-6-4-13(5-7-14)10-25-9-8-15(11-25)24(2)3/h4-7,15H,8-11H2,1-3H3,(H,22,23). The van der Waals surface area contributed by atoms with E-state index in [1.165, 1.54) is 0 Å². The van der Waals surface area contributed by atoms with Crippen LogP contribution in [-0.2, 0) is 12.7 Å². The molecule has 1 aliphatic rings. The molecule has 4 nitrogen and oxygen atoms in total. The molecule has 1 saturated heterocycles. The predicted molar refractivity (Wildman–Crippen MR) is 91.1 cm³/mol. The summed E-state index contributed by atoms with van der Waals surface area (Å²) in [5, 5.41) is 5.88. The topological polar surface area (TPSA) is 35.2 Å². The van der Waals surface area contributed by atoms with Gasteiger partial charge in [-0.05, 0) is 38.6 Å². The van der Waals surface area contributed by atoms with Crippen LogP contribution in [0.5, 0.6) is 0 Å². The Hall–Kier alpha value is -1.86. The molecule has 1 unspecified atom stereocenters. The van der Waals surface area contributed by atoms with Crippen molar-refractivity contribution in [2.24, 2.45) is 0 Å². The van der Waals surface area contributed by atoms with E-state index in [1.807, 2.05) is 12.1 Å². The molecule has 25 heavy (non-hydrogen) atoms. The summed E-state index contributed by atoms with van der Waals surface area (Å²) in [5.74, 6) is 0. The van der Waals surface area contributed by atoms with Crippen molar-refractivity contribution in [3.63, 3.8) is 0 Å². The van der Waals surface area contributed by atoms with Crippen molar-refractivity contribution in [1.82, 2.24) is 20.0 Å². The summed E-state index contributed by atoms with van der Waals surface area (Å²) in [7, 11) is 4.18. The van der Waals surface area contributed by atoms with Crippen LogP contribution in [0, 0.1) is 6.92 Å². The van der Waals surface area contributed by atoms with Gasteiger partial charge in [0.05, 0.1) is 0 Å². The van der Waals surface area contributed by atoms with Crippen LogP contribution < -0.4 is 0 Å². The molecule has 1 fully saturated rings. The molecule has 1 aromatic heterocycles. The van der Waals surface area contributed by atoms with Crippen LogP contribution in [-0.4, -0.2) is 53.2 Å². The van der Waals surface area contributed by atoms with E-state index < -0.39 is 11.9 Å². The molecule has 0 bridgehead atoms. The number of nitrogens with zero attached hydrogens (tertiary/aromatic N) is 3. The van der Waals surface area contributed by atoms with Gasteiger partial charge in [0.15, 0.2) is 5.69 Å². The third-order valence-electron chi connectivity index (χ3n) is 4.84. The number of halogens is 3. The fourth-order valence-electron chi connectivity index (χ4n) is 3.40. The van der Waals surface area contributed by atoms with E-state index >= 15 is 0 Å². The number of benzene rings is 1. The van der Waals surface area contributed by atoms with Gasteiger partial charge >= 0.3 is 6.18 Å². The summed E-state index contributed by atoms with van der Waals surface area (Å²) in [6.45, 7) is 4.50. The number of likely N-dealkylation sites (N-methyl/N-ethyl adjacent to an activating group) is 1. The highest BCUT2D eigenvalue weighted by molar-refractivity contribution is 5.69. The average Bonchev–Trinajstić information content (AvgIpc) is 3.14. The van der Waals surface area contributed by atoms with E-state index in [2.05, 4.69) is 34.1 Å². The van der Waals surface area contributed by atoms with Crippen LogP contribution in [0.2, 0.25) is 0 Å². The maximum absolute atomic E-state index is 13.1. The second-order valence-electron chi connectivity index (χ2n) is 6.91. The van der Waals surface area contributed by atoms with Crippen molar-refractivity contribution in [3.05, 3.63) is 41.2 Å². The largest absolute Gasteiger partial charge is 0.435 e. The first-order valence-electron chi connectivity index (χ1n) is 8.36. The van der Waals surface area contributed by atoms with Crippen LogP contribution in [0.1, 0.15) is 23.4 Å². The number of H-pyrrole nitrogens is 1. The van der Waals surface area contributed by atoms with Crippen LogP contribution in [0.3, 0.4) is 0 Å². The van der Waals surface area contributed by atoms with Gasteiger partial charge in [0.1, 0.15) is 0 Å². The van der Waals surface area contributed by atoms with Gasteiger partial charge in [0.2, 0.25) is 0 Å². The molecule has 3 rings (SSSR count). The van der Waals surface area contributed by atoms with Crippen molar-refractivity contribution in [3.8, 4) is 11.1 Å². The summed E-state index contributed by atoms with van der Waals surface area (Å²) in [5.41, 5.74) is 1.35. The van der Waals surface area contributed by atoms with Gasteiger partial charge in [0, 0.05) is 36.9 Å². The normalized spacial score (nSPS) is 19.1. The van der Waals surface area contributed by atoms with Gasteiger partial charge < -0.3 is 4.90 Å². The number of aryl methyl sites for hydroxylation is 1. The van der Waals surface area contributed by atoms with E-state index in [-0.39, 0.29) is 5.56 Å². The molecule has 136 valence electrons. The van der Waals surface area contributed by atoms with E-state index in [0.29, 0.717) is 17.3 Å². The van der Waals surface area contributed by atoms with Crippen LogP contribution in [0.4, 0.5) is 13.2 Å². The Morgan fingerprint density at radius 1 is 1.24 bits per heavy atom. The van der Waals surface area contributed by atoms with Gasteiger partial charge in [0.25, 0.3) is 0 Å². The molecule has 0 aliphatic carbocycles. The number of alkyl halides is 3. The Kier molecular flexibility index (Phi) is 4.88. The third kappa shape index (κ3) is 3.88. The monoisotopic (exact) mass is 352 g/mol. The molecule has 2 heterocycles. The molecule has 1 N–H and O–H groups in total. The van der Waals surface area contributed by atoms with E-state index in [4.69, 9.17) is 0 Å². The molecule has 0 saturated carbocycles. The molecule has 0 amide bonds. The lowest BCUT2D eigenvalue weighted by Gasteiger charge is -2.20. The van der Waals surface area contributed by atoms with Gasteiger partial charge in [-0.3, -0.25) is 10.00 Å². The highest BCUT2D eigenvalue weighted by Gasteiger charge is 2.37. The Labute approximate surface area is 145 Å². The molecular weight excluding hydrogens is 329 g/mol. The molecule has 7 heteroatoms. The number of aromatic amines is 1. The fraction of sp³-hybridized carbons (Fsp3) is 0.500. The molecule has 1 aromatic carbocycles. The minimum Gasteiger partial charge on any atom is -0.305 e. The highest BCUT2D eigenvalue weighted by Crippen LogP contribution is 2.37. The molecular formula is C18H23F3N4. The smallest absolute Gasteiger partial charge is 0.305 e. The maximum atomic E-state index is 13.1. The van der Waals surface area contributed by atoms with Crippen molar-refractivity contribution in [2.75, 3.05) is 27.2 Å². The highest BCUT2D eigenvalue weighted by atomic mass is 19.4. The summed E-state index contributed by atoms with van der Waals surface area (Å²) < 4.78 is 39.3. The third-order valence-corrected chi connectivity index (χ3v) is 4.84. The first-order valence-corrected chi connectivity index (χ1v) is 8.36. The Morgan fingerprint density at radius 3 is 2.48 bits per heavy atom. The summed E-state index contributed by atoms with van der Waals surface area (Å²) in [4.78, 5) is 4.62. The number of likely N-dealkylation sites (tertiary alicyclic amines) is 1. The zero-order valence-electron chi connectivity index (χ0n) is 14.7. The lowest BCUT2D eigenvalue weighted by atomic mass is 10.0. The summed E-state index contributed by atoms with van der Waals surface area (Å²) >= 11 is 0. The maximum Gasteiger partial charge on any atom is 0.435 e. The zero-order valence-corrected chi connectivity index (χ0v) is 14.7. The number of nitrogens with one attached hydrogen (secondary N) is 1. The first-order chi connectivity index (χ1) is 11.8. The quantitative estimate of drug-likeness (QED) is 0.914. The second kappa shape index (κ2) is 6.80. The minimum atomic E-state index is -4.46. The number of hydrogen-bond donors (Lipinski definition) is 1. The lowest BCUT2D eigenvalue weighted by molar-refractivity contribution is -0.140.